The molecule has 3 heterocycles. The fourth-order valence-electron chi connectivity index (χ4n) is 4.69. The van der Waals surface area contributed by atoms with Crippen molar-refractivity contribution in [2.75, 3.05) is 32.5 Å². The van der Waals surface area contributed by atoms with Crippen LogP contribution in [0.25, 0.3) is 10.9 Å². The molecule has 182 valence electrons. The summed E-state index contributed by atoms with van der Waals surface area (Å²) in [5.41, 5.74) is 1.32. The molecule has 0 saturated carbocycles. The van der Waals surface area contributed by atoms with Crippen LogP contribution in [0.5, 0.6) is 5.75 Å². The zero-order valence-corrected chi connectivity index (χ0v) is 20.9. The van der Waals surface area contributed by atoms with E-state index in [1.807, 2.05) is 29.8 Å². The van der Waals surface area contributed by atoms with Gasteiger partial charge < -0.3 is 14.7 Å². The number of carboxylic acid groups (broad SMARTS) is 1. The summed E-state index contributed by atoms with van der Waals surface area (Å²) in [6, 6.07) is 7.18. The van der Waals surface area contributed by atoms with Crippen molar-refractivity contribution in [3.05, 3.63) is 47.6 Å². The predicted molar refractivity (Wildman–Crippen MR) is 135 cm³/mol. The number of aromatic nitrogens is 2. The Bertz CT molecular complexity index is 1080. The van der Waals surface area contributed by atoms with E-state index in [1.165, 1.54) is 0 Å². The molecule has 3 aromatic rings. The molecule has 1 fully saturated rings. The van der Waals surface area contributed by atoms with Crippen molar-refractivity contribution < 1.29 is 19.0 Å². The van der Waals surface area contributed by atoms with Gasteiger partial charge in [-0.2, -0.15) is 0 Å². The molecule has 0 amide bonds. The summed E-state index contributed by atoms with van der Waals surface area (Å²) in [5.74, 6) is 0.388. The highest BCUT2D eigenvalue weighted by molar-refractivity contribution is 8.00. The average Bonchev–Trinajstić information content (AvgIpc) is 3.38. The number of carbonyl (C=O) groups is 1. The minimum atomic E-state index is -1.17. The van der Waals surface area contributed by atoms with Crippen LogP contribution in [0.15, 0.2) is 46.4 Å². The van der Waals surface area contributed by atoms with E-state index >= 15 is 4.39 Å². The highest BCUT2D eigenvalue weighted by Gasteiger charge is 2.34. The Morgan fingerprint density at radius 3 is 3.00 bits per heavy atom. The largest absolute Gasteiger partial charge is 0.497 e. The molecule has 1 aliphatic rings. The number of carboxylic acids is 1. The third kappa shape index (κ3) is 6.25. The standard InChI is InChI=1S/C25H30FN3O3S2/c1-32-18-4-6-23-20(15-18)19(7-9-27-23)22(26)5-3-17-8-12-29(16-21(17)24(30)31)11-2-13-33-25-28-10-14-34-25/h4,6-7,9-10,14-15,17,21-22H,2-3,5,8,11-13,16H2,1H3,(H,30,31)/t17-,21+,22+/m1/s1. The van der Waals surface area contributed by atoms with Gasteiger partial charge in [-0.3, -0.25) is 9.78 Å². The maximum absolute atomic E-state index is 15.3. The van der Waals surface area contributed by atoms with Gasteiger partial charge in [0.1, 0.15) is 16.3 Å². The first-order chi connectivity index (χ1) is 16.5. The second kappa shape index (κ2) is 12.0. The molecule has 0 radical (unpaired) electrons. The van der Waals surface area contributed by atoms with E-state index in [9.17, 15) is 9.90 Å². The van der Waals surface area contributed by atoms with Crippen LogP contribution < -0.4 is 4.74 Å². The molecule has 34 heavy (non-hydrogen) atoms. The third-order valence-electron chi connectivity index (χ3n) is 6.52. The number of nitrogens with zero attached hydrogens (tertiary/aromatic N) is 3. The second-order valence-electron chi connectivity index (χ2n) is 8.62. The van der Waals surface area contributed by atoms with E-state index in [-0.39, 0.29) is 5.92 Å². The molecule has 0 spiro atoms. The molecule has 0 aliphatic carbocycles. The van der Waals surface area contributed by atoms with Crippen molar-refractivity contribution in [3.63, 3.8) is 0 Å². The summed E-state index contributed by atoms with van der Waals surface area (Å²) in [5, 5.41) is 12.6. The molecule has 3 atom stereocenters. The number of likely N-dealkylation sites (tertiary alicyclic amines) is 1. The summed E-state index contributed by atoms with van der Waals surface area (Å²) in [6.07, 6.45) is 4.90. The minimum Gasteiger partial charge on any atom is -0.497 e. The van der Waals surface area contributed by atoms with Crippen LogP contribution in [-0.2, 0) is 4.79 Å². The van der Waals surface area contributed by atoms with Crippen molar-refractivity contribution in [1.29, 1.82) is 0 Å². The van der Waals surface area contributed by atoms with Gasteiger partial charge in [0.25, 0.3) is 0 Å². The summed E-state index contributed by atoms with van der Waals surface area (Å²) in [4.78, 5) is 22.9. The number of methoxy groups -OCH3 is 1. The molecule has 0 bridgehead atoms. The van der Waals surface area contributed by atoms with E-state index < -0.39 is 18.1 Å². The van der Waals surface area contributed by atoms with Gasteiger partial charge in [0.2, 0.25) is 0 Å². The molecule has 2 aromatic heterocycles. The number of fused-ring (bicyclic) bond motifs is 1. The Balaban J connectivity index is 1.31. The molecule has 1 aliphatic heterocycles. The lowest BCUT2D eigenvalue weighted by atomic mass is 9.81. The zero-order chi connectivity index (χ0) is 23.9. The SMILES string of the molecule is COc1ccc2nccc([C@@H](F)CC[C@@H]3CCN(CCCSc4nccs4)C[C@@H]3C(=O)O)c2c1. The molecular formula is C25H30FN3O3S2. The Hall–Kier alpha value is -2.23. The number of halogens is 1. The molecule has 6 nitrogen and oxygen atoms in total. The summed E-state index contributed by atoms with van der Waals surface area (Å²) in [7, 11) is 1.59. The van der Waals surface area contributed by atoms with Gasteiger partial charge in [-0.1, -0.05) is 11.8 Å². The summed E-state index contributed by atoms with van der Waals surface area (Å²) < 4.78 is 21.7. The Morgan fingerprint density at radius 2 is 2.24 bits per heavy atom. The average molecular weight is 504 g/mol. The van der Waals surface area contributed by atoms with Gasteiger partial charge in [0, 0.05) is 35.5 Å². The molecule has 4 rings (SSSR count). The smallest absolute Gasteiger partial charge is 0.308 e. The number of pyridine rings is 1. The van der Waals surface area contributed by atoms with Gasteiger partial charge in [0.15, 0.2) is 0 Å². The third-order valence-corrected chi connectivity index (χ3v) is 8.57. The normalized spacial score (nSPS) is 19.8. The first kappa shape index (κ1) is 24.9. The zero-order valence-electron chi connectivity index (χ0n) is 19.2. The molecule has 1 saturated heterocycles. The number of hydrogen-bond acceptors (Lipinski definition) is 7. The van der Waals surface area contributed by atoms with E-state index in [0.29, 0.717) is 30.7 Å². The Morgan fingerprint density at radius 1 is 1.35 bits per heavy atom. The second-order valence-corrected chi connectivity index (χ2v) is 10.9. The lowest BCUT2D eigenvalue weighted by molar-refractivity contribution is -0.146. The van der Waals surface area contributed by atoms with Gasteiger partial charge in [0.05, 0.1) is 18.5 Å². The van der Waals surface area contributed by atoms with E-state index in [1.54, 1.807) is 42.5 Å². The van der Waals surface area contributed by atoms with Crippen LogP contribution in [0.3, 0.4) is 0 Å². The quantitative estimate of drug-likeness (QED) is 0.266. The van der Waals surface area contributed by atoms with Crippen molar-refractivity contribution in [1.82, 2.24) is 14.9 Å². The molecular weight excluding hydrogens is 473 g/mol. The number of benzene rings is 1. The lowest BCUT2D eigenvalue weighted by Gasteiger charge is -2.36. The van der Waals surface area contributed by atoms with E-state index in [4.69, 9.17) is 4.74 Å². The van der Waals surface area contributed by atoms with Gasteiger partial charge in [-0.05, 0) is 74.5 Å². The topological polar surface area (TPSA) is 75.5 Å². The Labute approximate surface area is 207 Å². The number of thioether (sulfide) groups is 1. The van der Waals surface area contributed by atoms with Gasteiger partial charge in [-0.25, -0.2) is 9.37 Å². The molecule has 9 heteroatoms. The summed E-state index contributed by atoms with van der Waals surface area (Å²) in [6.45, 7) is 2.28. The minimum absolute atomic E-state index is 0.0145. The van der Waals surface area contributed by atoms with Crippen LogP contribution in [-0.4, -0.2) is 58.4 Å². The van der Waals surface area contributed by atoms with Crippen LogP contribution in [0.1, 0.15) is 37.4 Å². The number of thiazole rings is 1. The first-order valence-corrected chi connectivity index (χ1v) is 13.5. The number of rotatable bonds is 11. The number of hydrogen-bond donors (Lipinski definition) is 1. The monoisotopic (exact) mass is 503 g/mol. The van der Waals surface area contributed by atoms with Crippen molar-refractivity contribution in [2.24, 2.45) is 11.8 Å². The van der Waals surface area contributed by atoms with Gasteiger partial charge >= 0.3 is 5.97 Å². The fraction of sp³-hybridized carbons (Fsp3) is 0.480. The number of piperidine rings is 1. The predicted octanol–water partition coefficient (Wildman–Crippen LogP) is 5.70. The van der Waals surface area contributed by atoms with E-state index in [0.717, 1.165) is 46.9 Å². The highest BCUT2D eigenvalue weighted by Crippen LogP contribution is 2.35. The van der Waals surface area contributed by atoms with Crippen molar-refractivity contribution in [2.45, 2.75) is 36.2 Å². The van der Waals surface area contributed by atoms with Crippen molar-refractivity contribution >= 4 is 40.0 Å². The highest BCUT2D eigenvalue weighted by atomic mass is 32.2. The van der Waals surface area contributed by atoms with Crippen LogP contribution >= 0.6 is 23.1 Å². The number of aliphatic carboxylic acids is 1. The molecule has 1 N–H and O–H groups in total. The van der Waals surface area contributed by atoms with Crippen molar-refractivity contribution in [3.8, 4) is 5.75 Å². The van der Waals surface area contributed by atoms with E-state index in [2.05, 4.69) is 14.9 Å². The number of alkyl halides is 1. The maximum atomic E-state index is 15.3. The first-order valence-electron chi connectivity index (χ1n) is 11.6. The molecule has 0 unspecified atom stereocenters. The van der Waals surface area contributed by atoms with Crippen LogP contribution in [0, 0.1) is 11.8 Å². The lowest BCUT2D eigenvalue weighted by Crippen LogP contribution is -2.44. The fourth-order valence-corrected chi connectivity index (χ4v) is 6.32. The maximum Gasteiger partial charge on any atom is 0.308 e. The summed E-state index contributed by atoms with van der Waals surface area (Å²) >= 11 is 3.39. The van der Waals surface area contributed by atoms with Crippen LogP contribution in [0.4, 0.5) is 4.39 Å². The number of ether oxygens (including phenoxy) is 1. The van der Waals surface area contributed by atoms with Crippen LogP contribution in [0.2, 0.25) is 0 Å². The molecule has 1 aromatic carbocycles. The Kier molecular flexibility index (Phi) is 8.74. The van der Waals surface area contributed by atoms with Gasteiger partial charge in [-0.15, -0.1) is 11.3 Å².